The van der Waals surface area contributed by atoms with Gasteiger partial charge in [-0.05, 0) is 37.0 Å². The summed E-state index contributed by atoms with van der Waals surface area (Å²) in [6, 6.07) is 5.60. The first-order valence-corrected chi connectivity index (χ1v) is 9.19. The van der Waals surface area contributed by atoms with Crippen LogP contribution < -0.4 is 10.1 Å². The molecule has 0 bridgehead atoms. The van der Waals surface area contributed by atoms with Crippen molar-refractivity contribution >= 4 is 5.91 Å². The van der Waals surface area contributed by atoms with E-state index in [9.17, 15) is 4.79 Å². The van der Waals surface area contributed by atoms with Crippen LogP contribution in [0.15, 0.2) is 30.6 Å². The van der Waals surface area contributed by atoms with Crippen LogP contribution in [0.1, 0.15) is 48.3 Å². The Bertz CT molecular complexity index is 699. The maximum Gasteiger partial charge on any atom is 0.271 e. The summed E-state index contributed by atoms with van der Waals surface area (Å²) in [7, 11) is 0. The molecule has 1 N–H and O–H groups in total. The second-order valence-electron chi connectivity index (χ2n) is 7.04. The largest absolute Gasteiger partial charge is 0.488 e. The van der Waals surface area contributed by atoms with Crippen LogP contribution in [0.25, 0.3) is 0 Å². The fourth-order valence-electron chi connectivity index (χ4n) is 3.79. The summed E-state index contributed by atoms with van der Waals surface area (Å²) in [4.78, 5) is 16.3. The molecule has 0 aromatic carbocycles. The molecule has 2 aromatic rings. The van der Waals surface area contributed by atoms with E-state index >= 15 is 0 Å². The minimum atomic E-state index is -0.0564. The maximum atomic E-state index is 12.3. The first-order valence-electron chi connectivity index (χ1n) is 9.19. The van der Waals surface area contributed by atoms with Gasteiger partial charge in [-0.15, -0.1) is 0 Å². The van der Waals surface area contributed by atoms with Crippen LogP contribution in [-0.2, 0) is 13.0 Å². The highest BCUT2D eigenvalue weighted by Gasteiger charge is 2.26. The molecule has 0 radical (unpaired) electrons. The molecule has 0 saturated heterocycles. The van der Waals surface area contributed by atoms with Crippen molar-refractivity contribution in [1.29, 1.82) is 0 Å². The van der Waals surface area contributed by atoms with Crippen molar-refractivity contribution in [2.24, 2.45) is 5.92 Å². The van der Waals surface area contributed by atoms with Crippen LogP contribution in [0.5, 0.6) is 5.75 Å². The lowest BCUT2D eigenvalue weighted by Gasteiger charge is -2.21. The third-order valence-electron chi connectivity index (χ3n) is 5.14. The molecule has 4 rings (SSSR count). The van der Waals surface area contributed by atoms with Crippen LogP contribution >= 0.6 is 0 Å². The lowest BCUT2D eigenvalue weighted by atomic mass is 9.89. The molecule has 1 atom stereocenters. The number of hydrogen-bond acceptors (Lipinski definition) is 4. The SMILES string of the molecule is O=C(NCC1CCCCC1)c1cc2n(n1)C[C@@H](Oc1ccncc1)C2. The molecular weight excluding hydrogens is 316 g/mol. The maximum absolute atomic E-state index is 12.3. The summed E-state index contributed by atoms with van der Waals surface area (Å²) in [5, 5.41) is 7.51. The number of amides is 1. The number of carbonyl (C=O) groups excluding carboxylic acids is 1. The molecule has 1 amide bonds. The number of aromatic nitrogens is 3. The summed E-state index contributed by atoms with van der Waals surface area (Å²) in [5.41, 5.74) is 1.58. The number of pyridine rings is 1. The van der Waals surface area contributed by atoms with E-state index in [0.29, 0.717) is 18.2 Å². The zero-order valence-corrected chi connectivity index (χ0v) is 14.4. The number of ether oxygens (including phenoxy) is 1. The van der Waals surface area contributed by atoms with Crippen molar-refractivity contribution in [2.45, 2.75) is 51.2 Å². The van der Waals surface area contributed by atoms with E-state index in [4.69, 9.17) is 4.74 Å². The third-order valence-corrected chi connectivity index (χ3v) is 5.14. The van der Waals surface area contributed by atoms with E-state index in [1.165, 1.54) is 32.1 Å². The predicted octanol–water partition coefficient (Wildman–Crippen LogP) is 2.59. The van der Waals surface area contributed by atoms with E-state index in [1.807, 2.05) is 22.9 Å². The molecule has 1 fully saturated rings. The minimum Gasteiger partial charge on any atom is -0.488 e. The summed E-state index contributed by atoms with van der Waals surface area (Å²) in [6.07, 6.45) is 10.6. The Labute approximate surface area is 147 Å². The van der Waals surface area contributed by atoms with Gasteiger partial charge in [0.2, 0.25) is 0 Å². The molecule has 1 aliphatic carbocycles. The van der Waals surface area contributed by atoms with E-state index in [1.54, 1.807) is 12.4 Å². The number of nitrogens with zero attached hydrogens (tertiary/aromatic N) is 3. The zero-order valence-electron chi connectivity index (χ0n) is 14.4. The quantitative estimate of drug-likeness (QED) is 0.908. The van der Waals surface area contributed by atoms with Gasteiger partial charge in [0.05, 0.1) is 6.54 Å². The summed E-state index contributed by atoms with van der Waals surface area (Å²) in [6.45, 7) is 1.45. The Kier molecular flexibility index (Phi) is 4.68. The summed E-state index contributed by atoms with van der Waals surface area (Å²) >= 11 is 0. The van der Waals surface area contributed by atoms with Crippen molar-refractivity contribution < 1.29 is 9.53 Å². The van der Waals surface area contributed by atoms with Gasteiger partial charge in [-0.1, -0.05) is 19.3 Å². The van der Waals surface area contributed by atoms with Gasteiger partial charge in [0.25, 0.3) is 5.91 Å². The number of nitrogens with one attached hydrogen (secondary N) is 1. The highest BCUT2D eigenvalue weighted by atomic mass is 16.5. The number of rotatable bonds is 5. The molecular formula is C19H24N4O2. The van der Waals surface area contributed by atoms with Crippen LogP contribution in [0.3, 0.4) is 0 Å². The first kappa shape index (κ1) is 16.1. The van der Waals surface area contributed by atoms with Crippen molar-refractivity contribution in [3.05, 3.63) is 42.0 Å². The van der Waals surface area contributed by atoms with Crippen molar-refractivity contribution in [1.82, 2.24) is 20.1 Å². The van der Waals surface area contributed by atoms with Crippen LogP contribution in [0.2, 0.25) is 0 Å². The van der Waals surface area contributed by atoms with Gasteiger partial charge >= 0.3 is 0 Å². The molecule has 2 aromatic heterocycles. The lowest BCUT2D eigenvalue weighted by molar-refractivity contribution is 0.0936. The highest BCUT2D eigenvalue weighted by Crippen LogP contribution is 2.23. The van der Waals surface area contributed by atoms with Crippen molar-refractivity contribution in [3.63, 3.8) is 0 Å². The number of carbonyl (C=O) groups is 1. The molecule has 3 heterocycles. The van der Waals surface area contributed by atoms with Gasteiger partial charge < -0.3 is 10.1 Å². The van der Waals surface area contributed by atoms with Gasteiger partial charge in [0.1, 0.15) is 17.5 Å². The fourth-order valence-corrected chi connectivity index (χ4v) is 3.79. The Morgan fingerprint density at radius 3 is 2.80 bits per heavy atom. The van der Waals surface area contributed by atoms with E-state index < -0.39 is 0 Å². The second kappa shape index (κ2) is 7.25. The lowest BCUT2D eigenvalue weighted by Crippen LogP contribution is -2.30. The molecule has 6 heteroatoms. The summed E-state index contributed by atoms with van der Waals surface area (Å²) in [5.74, 6) is 1.39. The normalized spacial score (nSPS) is 20.2. The van der Waals surface area contributed by atoms with Crippen LogP contribution in [0.4, 0.5) is 0 Å². The van der Waals surface area contributed by atoms with Crippen LogP contribution in [-0.4, -0.2) is 33.3 Å². The van der Waals surface area contributed by atoms with Crippen molar-refractivity contribution in [2.75, 3.05) is 6.54 Å². The van der Waals surface area contributed by atoms with Gasteiger partial charge in [0, 0.05) is 31.1 Å². The summed E-state index contributed by atoms with van der Waals surface area (Å²) < 4.78 is 7.83. The van der Waals surface area contributed by atoms with E-state index in [2.05, 4.69) is 15.4 Å². The number of fused-ring (bicyclic) bond motifs is 1. The van der Waals surface area contributed by atoms with Gasteiger partial charge in [0.15, 0.2) is 0 Å². The average molecular weight is 340 g/mol. The number of hydrogen-bond donors (Lipinski definition) is 1. The fraction of sp³-hybridized carbons (Fsp3) is 0.526. The molecule has 0 unspecified atom stereocenters. The van der Waals surface area contributed by atoms with Gasteiger partial charge in [-0.2, -0.15) is 5.10 Å². The third kappa shape index (κ3) is 3.83. The Hall–Kier alpha value is -2.37. The molecule has 1 aliphatic heterocycles. The van der Waals surface area contributed by atoms with Gasteiger partial charge in [-0.25, -0.2) is 0 Å². The van der Waals surface area contributed by atoms with Gasteiger partial charge in [-0.3, -0.25) is 14.5 Å². The Morgan fingerprint density at radius 1 is 1.24 bits per heavy atom. The molecule has 2 aliphatic rings. The standard InChI is InChI=1S/C19H24N4O2/c24-19(21-12-14-4-2-1-3-5-14)18-11-15-10-17(13-23(15)22-18)25-16-6-8-20-9-7-16/h6-9,11,14,17H,1-5,10,12-13H2,(H,21,24)/t17-/m0/s1. The smallest absolute Gasteiger partial charge is 0.271 e. The zero-order chi connectivity index (χ0) is 17.1. The van der Waals surface area contributed by atoms with Crippen molar-refractivity contribution in [3.8, 4) is 5.75 Å². The topological polar surface area (TPSA) is 69.0 Å². The predicted molar refractivity (Wildman–Crippen MR) is 93.5 cm³/mol. The molecule has 132 valence electrons. The monoisotopic (exact) mass is 340 g/mol. The Balaban J connectivity index is 1.30. The van der Waals surface area contributed by atoms with Crippen LogP contribution in [0, 0.1) is 5.92 Å². The Morgan fingerprint density at radius 2 is 2.04 bits per heavy atom. The minimum absolute atomic E-state index is 0.0564. The molecule has 1 saturated carbocycles. The molecule has 25 heavy (non-hydrogen) atoms. The molecule has 6 nitrogen and oxygen atoms in total. The highest BCUT2D eigenvalue weighted by molar-refractivity contribution is 5.92. The average Bonchev–Trinajstić information content (AvgIpc) is 3.20. The first-order chi connectivity index (χ1) is 12.3. The second-order valence-corrected chi connectivity index (χ2v) is 7.04. The molecule has 0 spiro atoms. The van der Waals surface area contributed by atoms with E-state index in [-0.39, 0.29) is 12.0 Å². The van der Waals surface area contributed by atoms with E-state index in [0.717, 1.165) is 24.4 Å².